The Hall–Kier alpha value is -2.93. The fraction of sp³-hybridized carbons (Fsp3) is 0.381. The topological polar surface area (TPSA) is 84.7 Å². The molecule has 28 heavy (non-hydrogen) atoms. The van der Waals surface area contributed by atoms with E-state index in [9.17, 15) is 14.9 Å². The smallest absolute Gasteiger partial charge is 0.271 e. The third-order valence-corrected chi connectivity index (χ3v) is 5.12. The third kappa shape index (κ3) is 4.67. The lowest BCUT2D eigenvalue weighted by Gasteiger charge is -2.24. The number of likely N-dealkylation sites (tertiary alicyclic amines) is 1. The van der Waals surface area contributed by atoms with Crippen LogP contribution in [0.15, 0.2) is 42.5 Å². The zero-order valence-corrected chi connectivity index (χ0v) is 16.2. The fourth-order valence-corrected chi connectivity index (χ4v) is 3.62. The van der Waals surface area contributed by atoms with Crippen LogP contribution in [0.5, 0.6) is 5.75 Å². The highest BCUT2D eigenvalue weighted by atomic mass is 16.6. The second-order valence-corrected chi connectivity index (χ2v) is 7.04. The summed E-state index contributed by atoms with van der Waals surface area (Å²) < 4.78 is 5.20. The average Bonchev–Trinajstić information content (AvgIpc) is 3.15. The van der Waals surface area contributed by atoms with Crippen LogP contribution in [0.2, 0.25) is 0 Å². The molecule has 7 nitrogen and oxygen atoms in total. The fourth-order valence-electron chi connectivity index (χ4n) is 3.62. The molecule has 2 aromatic carbocycles. The molecule has 7 heteroatoms. The van der Waals surface area contributed by atoms with Gasteiger partial charge < -0.3 is 10.1 Å². The molecule has 1 saturated heterocycles. The number of nitro groups is 1. The van der Waals surface area contributed by atoms with Gasteiger partial charge in [0.2, 0.25) is 5.91 Å². The number of nitrogens with one attached hydrogen (secondary N) is 1. The number of carbonyl (C=O) groups excluding carboxylic acids is 1. The molecule has 0 aromatic heterocycles. The zero-order valence-electron chi connectivity index (χ0n) is 16.2. The van der Waals surface area contributed by atoms with E-state index < -0.39 is 4.92 Å². The van der Waals surface area contributed by atoms with Gasteiger partial charge in [-0.05, 0) is 37.9 Å². The number of nitro benzene ring substituents is 1. The normalized spacial score (nSPS) is 16.7. The van der Waals surface area contributed by atoms with E-state index in [4.69, 9.17) is 4.74 Å². The summed E-state index contributed by atoms with van der Waals surface area (Å²) in [5.41, 5.74) is 2.75. The van der Waals surface area contributed by atoms with Crippen LogP contribution in [0.1, 0.15) is 36.4 Å². The highest BCUT2D eigenvalue weighted by Crippen LogP contribution is 2.32. The van der Waals surface area contributed by atoms with E-state index in [1.807, 2.05) is 0 Å². The molecule has 1 atom stereocenters. The van der Waals surface area contributed by atoms with Gasteiger partial charge in [-0.15, -0.1) is 0 Å². The van der Waals surface area contributed by atoms with E-state index in [1.165, 1.54) is 36.4 Å². The molecule has 1 heterocycles. The van der Waals surface area contributed by atoms with Crippen molar-refractivity contribution in [3.8, 4) is 5.75 Å². The summed E-state index contributed by atoms with van der Waals surface area (Å²) in [7, 11) is 1.47. The van der Waals surface area contributed by atoms with E-state index >= 15 is 0 Å². The molecule has 1 amide bonds. The second kappa shape index (κ2) is 8.84. The Labute approximate surface area is 164 Å². The Morgan fingerprint density at radius 3 is 2.71 bits per heavy atom. The number of nitrogens with zero attached hydrogens (tertiary/aromatic N) is 2. The minimum atomic E-state index is -0.495. The Balaban J connectivity index is 1.61. The number of anilines is 1. The number of aryl methyl sites for hydroxylation is 1. The Morgan fingerprint density at radius 1 is 1.29 bits per heavy atom. The van der Waals surface area contributed by atoms with Crippen molar-refractivity contribution in [1.29, 1.82) is 0 Å². The molecule has 1 aliphatic rings. The van der Waals surface area contributed by atoms with Gasteiger partial charge >= 0.3 is 0 Å². The van der Waals surface area contributed by atoms with Crippen molar-refractivity contribution in [1.82, 2.24) is 4.90 Å². The number of amides is 1. The first kappa shape index (κ1) is 19.8. The summed E-state index contributed by atoms with van der Waals surface area (Å²) in [6.07, 6.45) is 2.51. The van der Waals surface area contributed by atoms with Crippen LogP contribution in [0.4, 0.5) is 11.4 Å². The number of rotatable bonds is 7. The van der Waals surface area contributed by atoms with Gasteiger partial charge in [-0.25, -0.2) is 0 Å². The first-order valence-corrected chi connectivity index (χ1v) is 9.41. The molecule has 3 rings (SSSR count). The van der Waals surface area contributed by atoms with Crippen molar-refractivity contribution in [2.45, 2.75) is 32.2 Å². The summed E-state index contributed by atoms with van der Waals surface area (Å²) in [4.78, 5) is 25.3. The van der Waals surface area contributed by atoms with Crippen LogP contribution < -0.4 is 10.1 Å². The van der Waals surface area contributed by atoms with Gasteiger partial charge in [-0.1, -0.05) is 29.8 Å². The Kier molecular flexibility index (Phi) is 6.26. The number of hydrogen-bond donors (Lipinski definition) is 1. The molecular weight excluding hydrogens is 358 g/mol. The molecule has 1 N–H and O–H groups in total. The molecule has 1 aliphatic heterocycles. The van der Waals surface area contributed by atoms with Crippen LogP contribution in [0.25, 0.3) is 0 Å². The first-order chi connectivity index (χ1) is 13.5. The number of ether oxygens (including phenoxy) is 1. The Morgan fingerprint density at radius 2 is 2.04 bits per heavy atom. The lowest BCUT2D eigenvalue weighted by Crippen LogP contribution is -2.27. The molecule has 1 unspecified atom stereocenters. The van der Waals surface area contributed by atoms with Gasteiger partial charge in [0.05, 0.1) is 17.7 Å². The van der Waals surface area contributed by atoms with E-state index in [2.05, 4.69) is 41.4 Å². The SMILES string of the molecule is COc1ccc([N+](=O)[O-])cc1NC(=O)CCN1CCCC1c1ccc(C)cc1. The maximum Gasteiger partial charge on any atom is 0.271 e. The highest BCUT2D eigenvalue weighted by molar-refractivity contribution is 5.92. The molecular formula is C21H25N3O4. The highest BCUT2D eigenvalue weighted by Gasteiger charge is 2.26. The largest absolute Gasteiger partial charge is 0.495 e. The van der Waals surface area contributed by atoms with Gasteiger partial charge in [0.15, 0.2) is 0 Å². The minimum absolute atomic E-state index is 0.0879. The number of non-ortho nitro benzene ring substituents is 1. The third-order valence-electron chi connectivity index (χ3n) is 5.12. The van der Waals surface area contributed by atoms with Crippen molar-refractivity contribution in [3.63, 3.8) is 0 Å². The van der Waals surface area contributed by atoms with Crippen LogP contribution in [0.3, 0.4) is 0 Å². The number of carbonyl (C=O) groups is 1. The predicted molar refractivity (Wildman–Crippen MR) is 108 cm³/mol. The summed E-state index contributed by atoms with van der Waals surface area (Å²) >= 11 is 0. The average molecular weight is 383 g/mol. The first-order valence-electron chi connectivity index (χ1n) is 9.41. The van der Waals surface area contributed by atoms with Gasteiger partial charge in [0, 0.05) is 31.1 Å². The van der Waals surface area contributed by atoms with Gasteiger partial charge in [-0.2, -0.15) is 0 Å². The summed E-state index contributed by atoms with van der Waals surface area (Å²) in [6, 6.07) is 13.0. The molecule has 0 radical (unpaired) electrons. The Bertz CT molecular complexity index is 851. The molecule has 0 aliphatic carbocycles. The molecule has 1 fully saturated rings. The second-order valence-electron chi connectivity index (χ2n) is 7.04. The minimum Gasteiger partial charge on any atom is -0.495 e. The van der Waals surface area contributed by atoms with Crippen LogP contribution >= 0.6 is 0 Å². The summed E-state index contributed by atoms with van der Waals surface area (Å²) in [5, 5.41) is 13.7. The van der Waals surface area contributed by atoms with Gasteiger partial charge in [0.1, 0.15) is 5.75 Å². The standard InChI is InChI=1S/C21H25N3O4/c1-15-5-7-16(8-6-15)19-4-3-12-23(19)13-11-21(25)22-18-14-17(24(26)27)9-10-20(18)28-2/h5-10,14,19H,3-4,11-13H2,1-2H3,(H,22,25). The van der Waals surface area contributed by atoms with Crippen molar-refractivity contribution in [2.24, 2.45) is 0 Å². The lowest BCUT2D eigenvalue weighted by atomic mass is 10.0. The molecule has 2 aromatic rings. The van der Waals surface area contributed by atoms with Crippen molar-refractivity contribution >= 4 is 17.3 Å². The quantitative estimate of drug-likeness (QED) is 0.575. The van der Waals surface area contributed by atoms with E-state index in [0.29, 0.717) is 30.4 Å². The summed E-state index contributed by atoms with van der Waals surface area (Å²) in [6.45, 7) is 3.68. The summed E-state index contributed by atoms with van der Waals surface area (Å²) in [5.74, 6) is 0.214. The number of hydrogen-bond acceptors (Lipinski definition) is 5. The number of benzene rings is 2. The van der Waals surface area contributed by atoms with E-state index in [-0.39, 0.29) is 11.6 Å². The number of methoxy groups -OCH3 is 1. The molecule has 148 valence electrons. The van der Waals surface area contributed by atoms with Crippen LogP contribution in [-0.4, -0.2) is 35.9 Å². The maximum absolute atomic E-state index is 12.4. The predicted octanol–water partition coefficient (Wildman–Crippen LogP) is 4.08. The monoisotopic (exact) mass is 383 g/mol. The van der Waals surface area contributed by atoms with E-state index in [1.54, 1.807) is 0 Å². The van der Waals surface area contributed by atoms with Crippen molar-refractivity contribution in [2.75, 3.05) is 25.5 Å². The zero-order chi connectivity index (χ0) is 20.1. The van der Waals surface area contributed by atoms with Crippen molar-refractivity contribution in [3.05, 3.63) is 63.7 Å². The maximum atomic E-state index is 12.4. The van der Waals surface area contributed by atoms with Gasteiger partial charge in [0.25, 0.3) is 5.69 Å². The molecule has 0 bridgehead atoms. The lowest BCUT2D eigenvalue weighted by molar-refractivity contribution is -0.384. The van der Waals surface area contributed by atoms with Crippen molar-refractivity contribution < 1.29 is 14.5 Å². The van der Waals surface area contributed by atoms with E-state index in [0.717, 1.165) is 19.4 Å². The van der Waals surface area contributed by atoms with Crippen LogP contribution in [0, 0.1) is 17.0 Å². The molecule has 0 spiro atoms. The molecule has 0 saturated carbocycles. The van der Waals surface area contributed by atoms with Gasteiger partial charge in [-0.3, -0.25) is 19.8 Å². The van der Waals surface area contributed by atoms with Crippen LogP contribution in [-0.2, 0) is 4.79 Å².